The van der Waals surface area contributed by atoms with Crippen LogP contribution in [0.3, 0.4) is 0 Å². The Hall–Kier alpha value is -1.32. The summed E-state index contributed by atoms with van der Waals surface area (Å²) in [6, 6.07) is 0. The molecule has 0 radical (unpaired) electrons. The number of imidazole rings is 1. The van der Waals surface area contributed by atoms with Crippen LogP contribution in [-0.2, 0) is 29.0 Å². The third-order valence-corrected chi connectivity index (χ3v) is 4.06. The van der Waals surface area contributed by atoms with E-state index in [1.807, 2.05) is 0 Å². The molecule has 22 heavy (non-hydrogen) atoms. The second-order valence-electron chi connectivity index (χ2n) is 6.01. The average Bonchev–Trinajstić information content (AvgIpc) is 2.91. The van der Waals surface area contributed by atoms with E-state index in [2.05, 4.69) is 35.5 Å². The second kappa shape index (κ2) is 11.3. The van der Waals surface area contributed by atoms with E-state index >= 15 is 0 Å². The van der Waals surface area contributed by atoms with Crippen LogP contribution in [-0.4, -0.2) is 17.6 Å². The highest BCUT2D eigenvalue weighted by Gasteiger charge is 2.14. The summed E-state index contributed by atoms with van der Waals surface area (Å²) in [5.41, 5.74) is 1.25. The molecule has 1 aromatic heterocycles. The number of carbonyl (C=O) groups excluding carboxylic acids is 1. The lowest BCUT2D eigenvalue weighted by Gasteiger charge is -2.01. The highest BCUT2D eigenvalue weighted by atomic mass is 16.5. The SMILES string of the molecule is CCCCCCn1cc(CCC(=O)OC)[n+](CCCCC)c1. The lowest BCUT2D eigenvalue weighted by atomic mass is 10.2. The van der Waals surface area contributed by atoms with Crippen molar-refractivity contribution in [3.05, 3.63) is 18.2 Å². The fraction of sp³-hybridized carbons (Fsp3) is 0.778. The van der Waals surface area contributed by atoms with Gasteiger partial charge >= 0.3 is 5.97 Å². The van der Waals surface area contributed by atoms with Crippen LogP contribution in [0.2, 0.25) is 0 Å². The summed E-state index contributed by atoms with van der Waals surface area (Å²) in [6.45, 7) is 6.59. The van der Waals surface area contributed by atoms with Crippen LogP contribution in [0.15, 0.2) is 12.5 Å². The molecule has 0 fully saturated rings. The second-order valence-corrected chi connectivity index (χ2v) is 6.01. The molecule has 0 saturated carbocycles. The summed E-state index contributed by atoms with van der Waals surface area (Å²) in [4.78, 5) is 11.4. The van der Waals surface area contributed by atoms with Crippen LogP contribution in [0, 0.1) is 0 Å². The molecule has 1 rings (SSSR count). The smallest absolute Gasteiger partial charge is 0.305 e. The maximum atomic E-state index is 11.4. The van der Waals surface area contributed by atoms with Crippen molar-refractivity contribution in [2.45, 2.75) is 84.7 Å². The van der Waals surface area contributed by atoms with E-state index in [4.69, 9.17) is 4.74 Å². The van der Waals surface area contributed by atoms with Gasteiger partial charge in [-0.3, -0.25) is 4.79 Å². The molecule has 126 valence electrons. The zero-order chi connectivity index (χ0) is 16.2. The number of ether oxygens (including phenoxy) is 1. The molecule has 0 unspecified atom stereocenters. The first-order valence-corrected chi connectivity index (χ1v) is 8.86. The van der Waals surface area contributed by atoms with Crippen molar-refractivity contribution in [3.8, 4) is 0 Å². The fourth-order valence-electron chi connectivity index (χ4n) is 2.67. The average molecular weight is 309 g/mol. The van der Waals surface area contributed by atoms with Crippen molar-refractivity contribution < 1.29 is 14.1 Å². The highest BCUT2D eigenvalue weighted by molar-refractivity contribution is 5.69. The summed E-state index contributed by atoms with van der Waals surface area (Å²) in [7, 11) is 1.45. The van der Waals surface area contributed by atoms with Crippen LogP contribution >= 0.6 is 0 Å². The number of esters is 1. The van der Waals surface area contributed by atoms with Gasteiger partial charge < -0.3 is 4.74 Å². The normalized spacial score (nSPS) is 10.9. The minimum atomic E-state index is -0.129. The van der Waals surface area contributed by atoms with Gasteiger partial charge in [-0.25, -0.2) is 9.13 Å². The highest BCUT2D eigenvalue weighted by Crippen LogP contribution is 2.06. The number of aromatic nitrogens is 2. The number of hydrogen-bond acceptors (Lipinski definition) is 2. The molecule has 0 aliphatic rings. The van der Waals surface area contributed by atoms with Gasteiger partial charge in [0.05, 0.1) is 26.6 Å². The molecule has 0 spiro atoms. The van der Waals surface area contributed by atoms with Crippen molar-refractivity contribution in [1.29, 1.82) is 0 Å². The molecule has 1 aromatic rings. The predicted octanol–water partition coefficient (Wildman–Crippen LogP) is 3.65. The number of aryl methyl sites for hydroxylation is 3. The summed E-state index contributed by atoms with van der Waals surface area (Å²) in [5, 5.41) is 0. The third-order valence-electron chi connectivity index (χ3n) is 4.06. The van der Waals surface area contributed by atoms with E-state index in [0.717, 1.165) is 19.5 Å². The van der Waals surface area contributed by atoms with Crippen LogP contribution in [0.4, 0.5) is 0 Å². The molecule has 0 aliphatic heterocycles. The van der Waals surface area contributed by atoms with Crippen molar-refractivity contribution in [3.63, 3.8) is 0 Å². The minimum Gasteiger partial charge on any atom is -0.469 e. The van der Waals surface area contributed by atoms with E-state index in [1.165, 1.54) is 57.7 Å². The van der Waals surface area contributed by atoms with Gasteiger partial charge in [-0.2, -0.15) is 0 Å². The molecule has 4 heteroatoms. The Morgan fingerprint density at radius 1 is 1.14 bits per heavy atom. The summed E-state index contributed by atoms with van der Waals surface area (Å²) < 4.78 is 9.36. The minimum absolute atomic E-state index is 0.129. The van der Waals surface area contributed by atoms with Crippen LogP contribution in [0.5, 0.6) is 0 Å². The Kier molecular flexibility index (Phi) is 9.60. The Balaban J connectivity index is 2.59. The lowest BCUT2D eigenvalue weighted by Crippen LogP contribution is -2.36. The summed E-state index contributed by atoms with van der Waals surface area (Å²) >= 11 is 0. The Labute approximate surface area is 135 Å². The predicted molar refractivity (Wildman–Crippen MR) is 88.6 cm³/mol. The van der Waals surface area contributed by atoms with Crippen molar-refractivity contribution in [2.75, 3.05) is 7.11 Å². The summed E-state index contributed by atoms with van der Waals surface area (Å²) in [6.07, 6.45) is 14.4. The molecular weight excluding hydrogens is 276 g/mol. The molecule has 4 nitrogen and oxygen atoms in total. The molecular formula is C18H33N2O2+. The van der Waals surface area contributed by atoms with E-state index in [0.29, 0.717) is 6.42 Å². The first kappa shape index (κ1) is 18.7. The molecule has 0 N–H and O–H groups in total. The summed E-state index contributed by atoms with van der Waals surface area (Å²) in [5.74, 6) is -0.129. The fourth-order valence-corrected chi connectivity index (χ4v) is 2.67. The van der Waals surface area contributed by atoms with Gasteiger partial charge in [-0.05, 0) is 25.7 Å². The number of carbonyl (C=O) groups is 1. The number of rotatable bonds is 12. The van der Waals surface area contributed by atoms with E-state index in [1.54, 1.807) is 0 Å². The largest absolute Gasteiger partial charge is 0.469 e. The lowest BCUT2D eigenvalue weighted by molar-refractivity contribution is -0.703. The molecule has 0 aromatic carbocycles. The van der Waals surface area contributed by atoms with Gasteiger partial charge in [0, 0.05) is 6.42 Å². The maximum absolute atomic E-state index is 11.4. The van der Waals surface area contributed by atoms with Crippen LogP contribution < -0.4 is 4.57 Å². The standard InChI is InChI=1S/C18H33N2O2/c1-4-6-8-10-13-19-15-17(11-12-18(21)22-3)20(16-19)14-9-7-5-2/h15-16H,4-14H2,1-3H3/q+1. The van der Waals surface area contributed by atoms with Gasteiger partial charge in [0.1, 0.15) is 11.9 Å². The molecule has 0 aliphatic carbocycles. The third kappa shape index (κ3) is 7.10. The molecule has 0 atom stereocenters. The topological polar surface area (TPSA) is 35.1 Å². The van der Waals surface area contributed by atoms with Gasteiger partial charge in [0.15, 0.2) is 0 Å². The number of nitrogens with zero attached hydrogens (tertiary/aromatic N) is 2. The number of unbranched alkanes of at least 4 members (excludes halogenated alkanes) is 5. The zero-order valence-corrected chi connectivity index (χ0v) is 14.6. The van der Waals surface area contributed by atoms with Gasteiger partial charge in [0.2, 0.25) is 6.33 Å². The van der Waals surface area contributed by atoms with Gasteiger partial charge in [-0.1, -0.05) is 33.1 Å². The Morgan fingerprint density at radius 2 is 1.86 bits per heavy atom. The number of methoxy groups -OCH3 is 1. The van der Waals surface area contributed by atoms with Crippen LogP contribution in [0.1, 0.15) is 70.9 Å². The van der Waals surface area contributed by atoms with Gasteiger partial charge in [0.25, 0.3) is 0 Å². The maximum Gasteiger partial charge on any atom is 0.305 e. The van der Waals surface area contributed by atoms with Gasteiger partial charge in [-0.15, -0.1) is 0 Å². The van der Waals surface area contributed by atoms with Crippen molar-refractivity contribution >= 4 is 5.97 Å². The number of hydrogen-bond donors (Lipinski definition) is 0. The molecule has 0 amide bonds. The van der Waals surface area contributed by atoms with Crippen LogP contribution in [0.25, 0.3) is 0 Å². The Morgan fingerprint density at radius 3 is 2.55 bits per heavy atom. The first-order valence-electron chi connectivity index (χ1n) is 8.86. The van der Waals surface area contributed by atoms with E-state index in [-0.39, 0.29) is 5.97 Å². The van der Waals surface area contributed by atoms with Crippen molar-refractivity contribution in [1.82, 2.24) is 4.57 Å². The zero-order valence-electron chi connectivity index (χ0n) is 14.6. The Bertz CT molecular complexity index is 427. The first-order chi connectivity index (χ1) is 10.7. The molecule has 1 heterocycles. The quantitative estimate of drug-likeness (QED) is 0.335. The van der Waals surface area contributed by atoms with E-state index in [9.17, 15) is 4.79 Å². The molecule has 0 saturated heterocycles. The van der Waals surface area contributed by atoms with E-state index < -0.39 is 0 Å². The molecule has 0 bridgehead atoms. The van der Waals surface area contributed by atoms with Crippen molar-refractivity contribution in [2.24, 2.45) is 0 Å². The monoisotopic (exact) mass is 309 g/mol.